The number of benzene rings is 1. The van der Waals surface area contributed by atoms with Crippen LogP contribution < -0.4 is 10.2 Å². The average molecular weight is 359 g/mol. The molecule has 0 saturated heterocycles. The van der Waals surface area contributed by atoms with Crippen molar-refractivity contribution in [1.29, 1.82) is 0 Å². The van der Waals surface area contributed by atoms with Gasteiger partial charge in [-0.25, -0.2) is 4.79 Å². The zero-order valence-corrected chi connectivity index (χ0v) is 15.1. The minimum absolute atomic E-state index is 0.207. The number of nitrogens with zero attached hydrogens (tertiary/aromatic N) is 1. The third kappa shape index (κ3) is 4.30. The average Bonchev–Trinajstić information content (AvgIpc) is 3.18. The molecule has 0 atom stereocenters. The number of ether oxygens (including phenoxy) is 1. The van der Waals surface area contributed by atoms with Crippen LogP contribution in [0.25, 0.3) is 0 Å². The molecule has 126 valence electrons. The number of amides is 2. The number of carbonyl (C=O) groups is 2. The summed E-state index contributed by atoms with van der Waals surface area (Å²) in [4.78, 5) is 26.1. The highest BCUT2D eigenvalue weighted by Crippen LogP contribution is 2.39. The molecule has 1 saturated carbocycles. The minimum Gasteiger partial charge on any atom is -0.444 e. The number of carbonyl (C=O) groups excluding carboxylic acids is 2. The van der Waals surface area contributed by atoms with E-state index >= 15 is 0 Å². The summed E-state index contributed by atoms with van der Waals surface area (Å²) in [6.07, 6.45) is 0.568. The molecule has 1 N–H and O–H groups in total. The number of hydrogen-bond acceptors (Lipinski definition) is 3. The predicted molar refractivity (Wildman–Crippen MR) is 91.2 cm³/mol. The molecular formula is C16H20Cl2N2O3. The minimum atomic E-state index is -0.900. The van der Waals surface area contributed by atoms with E-state index in [1.54, 1.807) is 46.0 Å². The lowest BCUT2D eigenvalue weighted by Gasteiger charge is -2.26. The van der Waals surface area contributed by atoms with E-state index in [1.165, 1.54) is 4.90 Å². The smallest absolute Gasteiger partial charge is 0.408 e. The SMILES string of the molecule is CN(C(=O)C1(NC(=O)OC(C)(C)C)CC1)c1ccc(Cl)c(Cl)c1. The Kier molecular flexibility index (Phi) is 4.83. The third-order valence-corrected chi connectivity index (χ3v) is 4.23. The van der Waals surface area contributed by atoms with Crippen molar-refractivity contribution in [3.63, 3.8) is 0 Å². The van der Waals surface area contributed by atoms with Gasteiger partial charge in [0, 0.05) is 12.7 Å². The molecule has 0 unspecified atom stereocenters. The highest BCUT2D eigenvalue weighted by atomic mass is 35.5. The van der Waals surface area contributed by atoms with Crippen LogP contribution in [0.5, 0.6) is 0 Å². The van der Waals surface area contributed by atoms with Crippen molar-refractivity contribution < 1.29 is 14.3 Å². The molecule has 0 radical (unpaired) electrons. The van der Waals surface area contributed by atoms with E-state index in [0.717, 1.165) is 0 Å². The topological polar surface area (TPSA) is 58.6 Å². The Bertz CT molecular complexity index is 637. The lowest BCUT2D eigenvalue weighted by Crippen LogP contribution is -2.50. The fourth-order valence-electron chi connectivity index (χ4n) is 2.15. The molecule has 0 bridgehead atoms. The van der Waals surface area contributed by atoms with Crippen LogP contribution in [0.1, 0.15) is 33.6 Å². The first kappa shape index (κ1) is 17.9. The molecule has 1 aromatic rings. The molecule has 1 aliphatic carbocycles. The maximum absolute atomic E-state index is 12.7. The molecule has 0 aromatic heterocycles. The number of alkyl carbamates (subject to hydrolysis) is 1. The zero-order valence-electron chi connectivity index (χ0n) is 13.6. The van der Waals surface area contributed by atoms with Gasteiger partial charge < -0.3 is 15.0 Å². The largest absolute Gasteiger partial charge is 0.444 e. The van der Waals surface area contributed by atoms with Gasteiger partial charge in [-0.15, -0.1) is 0 Å². The molecule has 1 aromatic carbocycles. The summed E-state index contributed by atoms with van der Waals surface area (Å²) < 4.78 is 5.22. The number of likely N-dealkylation sites (N-methyl/N-ethyl adjacent to an activating group) is 1. The molecule has 0 aliphatic heterocycles. The molecule has 0 spiro atoms. The highest BCUT2D eigenvalue weighted by Gasteiger charge is 2.53. The summed E-state index contributed by atoms with van der Waals surface area (Å²) in [5.41, 5.74) is -0.899. The van der Waals surface area contributed by atoms with E-state index in [4.69, 9.17) is 27.9 Å². The maximum atomic E-state index is 12.7. The van der Waals surface area contributed by atoms with Gasteiger partial charge in [0.2, 0.25) is 0 Å². The lowest BCUT2D eigenvalue weighted by molar-refractivity contribution is -0.121. The van der Waals surface area contributed by atoms with Gasteiger partial charge in [0.05, 0.1) is 10.0 Å². The molecule has 1 fully saturated rings. The highest BCUT2D eigenvalue weighted by molar-refractivity contribution is 6.42. The third-order valence-electron chi connectivity index (χ3n) is 3.49. The van der Waals surface area contributed by atoms with Crippen LogP contribution in [0, 0.1) is 0 Å². The summed E-state index contributed by atoms with van der Waals surface area (Å²) in [6, 6.07) is 4.95. The van der Waals surface area contributed by atoms with E-state index < -0.39 is 17.2 Å². The second kappa shape index (κ2) is 6.21. The Morgan fingerprint density at radius 2 is 1.83 bits per heavy atom. The summed E-state index contributed by atoms with van der Waals surface area (Å²) in [5, 5.41) is 3.48. The van der Waals surface area contributed by atoms with Crippen LogP contribution in [0.2, 0.25) is 10.0 Å². The van der Waals surface area contributed by atoms with Gasteiger partial charge in [0.25, 0.3) is 5.91 Å². The van der Waals surface area contributed by atoms with Gasteiger partial charge in [-0.2, -0.15) is 0 Å². The predicted octanol–water partition coefficient (Wildman–Crippen LogP) is 4.01. The summed E-state index contributed by atoms with van der Waals surface area (Å²) in [7, 11) is 1.64. The second-order valence-corrected chi connectivity index (χ2v) is 7.49. The van der Waals surface area contributed by atoms with E-state index in [0.29, 0.717) is 28.6 Å². The number of anilines is 1. The second-order valence-electron chi connectivity index (χ2n) is 6.67. The first-order valence-corrected chi connectivity index (χ1v) is 8.04. The van der Waals surface area contributed by atoms with Crippen molar-refractivity contribution in [1.82, 2.24) is 5.32 Å². The van der Waals surface area contributed by atoms with Gasteiger partial charge in [-0.05, 0) is 51.8 Å². The molecule has 5 nitrogen and oxygen atoms in total. The van der Waals surface area contributed by atoms with Crippen LogP contribution in [0.15, 0.2) is 18.2 Å². The summed E-state index contributed by atoms with van der Waals surface area (Å²) >= 11 is 11.9. The van der Waals surface area contributed by atoms with Gasteiger partial charge in [-0.3, -0.25) is 4.79 Å². The first-order chi connectivity index (χ1) is 10.5. The maximum Gasteiger partial charge on any atom is 0.408 e. The van der Waals surface area contributed by atoms with Crippen molar-refractivity contribution >= 4 is 40.9 Å². The molecule has 2 rings (SSSR count). The summed E-state index contributed by atoms with van der Waals surface area (Å²) in [5.74, 6) is -0.207. The number of rotatable bonds is 3. The van der Waals surface area contributed by atoms with Crippen LogP contribution in [0.3, 0.4) is 0 Å². The van der Waals surface area contributed by atoms with Crippen molar-refractivity contribution in [3.8, 4) is 0 Å². The van der Waals surface area contributed by atoms with Crippen molar-refractivity contribution in [2.75, 3.05) is 11.9 Å². The van der Waals surface area contributed by atoms with Crippen molar-refractivity contribution in [3.05, 3.63) is 28.2 Å². The number of hydrogen-bond donors (Lipinski definition) is 1. The fraction of sp³-hybridized carbons (Fsp3) is 0.500. The Hall–Kier alpha value is -1.46. The van der Waals surface area contributed by atoms with Crippen molar-refractivity contribution in [2.24, 2.45) is 0 Å². The van der Waals surface area contributed by atoms with E-state index in [-0.39, 0.29) is 5.91 Å². The number of nitrogens with one attached hydrogen (secondary N) is 1. The Balaban J connectivity index is 2.09. The molecule has 7 heteroatoms. The van der Waals surface area contributed by atoms with Gasteiger partial charge in [-0.1, -0.05) is 23.2 Å². The Morgan fingerprint density at radius 1 is 1.22 bits per heavy atom. The van der Waals surface area contributed by atoms with E-state index in [2.05, 4.69) is 5.32 Å². The summed E-state index contributed by atoms with van der Waals surface area (Å²) in [6.45, 7) is 5.32. The normalized spacial score (nSPS) is 15.7. The Labute approximate surface area is 145 Å². The molecule has 1 aliphatic rings. The monoisotopic (exact) mass is 358 g/mol. The zero-order chi connectivity index (χ0) is 17.4. The van der Waals surface area contributed by atoms with E-state index in [1.807, 2.05) is 0 Å². The molecule has 2 amide bonds. The molecule has 23 heavy (non-hydrogen) atoms. The molecule has 0 heterocycles. The van der Waals surface area contributed by atoms with E-state index in [9.17, 15) is 9.59 Å². The molecular weight excluding hydrogens is 339 g/mol. The number of halogens is 2. The quantitative estimate of drug-likeness (QED) is 0.887. The lowest BCUT2D eigenvalue weighted by atomic mass is 10.2. The first-order valence-electron chi connectivity index (χ1n) is 7.28. The van der Waals surface area contributed by atoms with Gasteiger partial charge in [0.1, 0.15) is 11.1 Å². The van der Waals surface area contributed by atoms with Crippen LogP contribution in [-0.2, 0) is 9.53 Å². The standard InChI is InChI=1S/C16H20Cl2N2O3/c1-15(2,3)23-14(22)19-16(7-8-16)13(21)20(4)10-5-6-11(17)12(18)9-10/h5-6,9H,7-8H2,1-4H3,(H,19,22). The van der Waals surface area contributed by atoms with Crippen LogP contribution in [-0.4, -0.2) is 30.2 Å². The Morgan fingerprint density at radius 3 is 2.30 bits per heavy atom. The van der Waals surface area contributed by atoms with Gasteiger partial charge >= 0.3 is 6.09 Å². The van der Waals surface area contributed by atoms with Gasteiger partial charge in [0.15, 0.2) is 0 Å². The van der Waals surface area contributed by atoms with Crippen LogP contribution >= 0.6 is 23.2 Å². The fourth-order valence-corrected chi connectivity index (χ4v) is 2.44. The van der Waals surface area contributed by atoms with Crippen LogP contribution in [0.4, 0.5) is 10.5 Å². The van der Waals surface area contributed by atoms with Crippen molar-refractivity contribution in [2.45, 2.75) is 44.8 Å².